The number of benzene rings is 2. The molecule has 3 aromatic rings. The molecule has 21 heavy (non-hydrogen) atoms. The van der Waals surface area contributed by atoms with E-state index in [9.17, 15) is 9.90 Å². The summed E-state index contributed by atoms with van der Waals surface area (Å²) in [5, 5.41) is 20.3. The third kappa shape index (κ3) is 2.51. The highest BCUT2D eigenvalue weighted by Crippen LogP contribution is 2.26. The molecule has 0 aliphatic heterocycles. The van der Waals surface area contributed by atoms with E-state index < -0.39 is 5.97 Å². The number of hydrogen-bond donors (Lipinski definition) is 1. The van der Waals surface area contributed by atoms with Crippen LogP contribution in [-0.4, -0.2) is 31.3 Å². The summed E-state index contributed by atoms with van der Waals surface area (Å²) < 4.78 is 1.49. The van der Waals surface area contributed by atoms with Gasteiger partial charge < -0.3 is 5.11 Å². The Balaban J connectivity index is 2.17. The summed E-state index contributed by atoms with van der Waals surface area (Å²) in [6.45, 7) is 1.99. The minimum absolute atomic E-state index is 0.246. The number of hydrogen-bond acceptors (Lipinski definition) is 4. The van der Waals surface area contributed by atoms with Crippen LogP contribution >= 0.6 is 0 Å². The number of carbonyl (C=O) groups is 1. The van der Waals surface area contributed by atoms with Gasteiger partial charge in [0.25, 0.3) is 0 Å². The van der Waals surface area contributed by atoms with E-state index in [0.717, 1.165) is 11.1 Å². The van der Waals surface area contributed by atoms with Crippen molar-refractivity contribution in [3.05, 3.63) is 59.9 Å². The fraction of sp³-hybridized carbons (Fsp3) is 0.0667. The lowest BCUT2D eigenvalue weighted by molar-refractivity contribution is 0.0698. The molecule has 6 heteroatoms. The molecule has 6 nitrogen and oxygen atoms in total. The summed E-state index contributed by atoms with van der Waals surface area (Å²) in [5.74, 6) is -0.964. The summed E-state index contributed by atoms with van der Waals surface area (Å²) in [6, 6.07) is 12.7. The van der Waals surface area contributed by atoms with Crippen LogP contribution in [0.15, 0.2) is 48.8 Å². The Morgan fingerprint density at radius 2 is 1.90 bits per heavy atom. The zero-order chi connectivity index (χ0) is 14.8. The van der Waals surface area contributed by atoms with Crippen molar-refractivity contribution in [2.24, 2.45) is 0 Å². The first-order chi connectivity index (χ1) is 10.1. The van der Waals surface area contributed by atoms with E-state index >= 15 is 0 Å². The molecular weight excluding hydrogens is 268 g/mol. The van der Waals surface area contributed by atoms with Gasteiger partial charge in [-0.25, -0.2) is 9.48 Å². The van der Waals surface area contributed by atoms with Crippen LogP contribution in [-0.2, 0) is 0 Å². The Morgan fingerprint density at radius 1 is 1.14 bits per heavy atom. The summed E-state index contributed by atoms with van der Waals surface area (Å²) in [7, 11) is 0. The number of carboxylic acids is 1. The van der Waals surface area contributed by atoms with Crippen molar-refractivity contribution in [2.75, 3.05) is 0 Å². The number of aryl methyl sites for hydroxylation is 1. The fourth-order valence-electron chi connectivity index (χ4n) is 2.11. The van der Waals surface area contributed by atoms with Gasteiger partial charge >= 0.3 is 5.97 Å². The Hall–Kier alpha value is -3.02. The summed E-state index contributed by atoms with van der Waals surface area (Å²) in [5.41, 5.74) is 3.55. The number of nitrogens with zero attached hydrogens (tertiary/aromatic N) is 4. The first kappa shape index (κ1) is 13.0. The summed E-state index contributed by atoms with van der Waals surface area (Å²) in [4.78, 5) is 11.4. The zero-order valence-corrected chi connectivity index (χ0v) is 11.3. The van der Waals surface area contributed by atoms with Crippen LogP contribution in [0.25, 0.3) is 16.8 Å². The highest BCUT2D eigenvalue weighted by molar-refractivity contribution is 5.96. The SMILES string of the molecule is Cc1ccc(-c2cc(-n3cnnn3)ccc2C(=O)O)cc1. The maximum atomic E-state index is 11.4. The minimum Gasteiger partial charge on any atom is -0.478 e. The van der Waals surface area contributed by atoms with E-state index in [1.54, 1.807) is 18.2 Å². The predicted octanol–water partition coefficient (Wildman–Crippen LogP) is 2.34. The second-order valence-electron chi connectivity index (χ2n) is 4.66. The topological polar surface area (TPSA) is 80.9 Å². The molecule has 0 unspecified atom stereocenters. The van der Waals surface area contributed by atoms with E-state index in [0.29, 0.717) is 11.3 Å². The third-order valence-corrected chi connectivity index (χ3v) is 3.21. The van der Waals surface area contributed by atoms with Crippen molar-refractivity contribution in [1.29, 1.82) is 0 Å². The molecule has 3 rings (SSSR count). The highest BCUT2D eigenvalue weighted by atomic mass is 16.4. The number of carboxylic acid groups (broad SMARTS) is 1. The van der Waals surface area contributed by atoms with Gasteiger partial charge in [0.2, 0.25) is 0 Å². The number of tetrazole rings is 1. The van der Waals surface area contributed by atoms with Crippen LogP contribution in [0.4, 0.5) is 0 Å². The van der Waals surface area contributed by atoms with Crippen molar-refractivity contribution in [3.63, 3.8) is 0 Å². The van der Waals surface area contributed by atoms with Crippen LogP contribution in [0.3, 0.4) is 0 Å². The molecule has 0 amide bonds. The van der Waals surface area contributed by atoms with Gasteiger partial charge in [0.05, 0.1) is 11.3 Å². The Kier molecular flexibility index (Phi) is 3.19. The van der Waals surface area contributed by atoms with Gasteiger partial charge in [0, 0.05) is 0 Å². The Labute approximate surface area is 120 Å². The number of rotatable bonds is 3. The number of aromatic nitrogens is 4. The Bertz CT molecular complexity index is 780. The molecule has 0 bridgehead atoms. The molecule has 0 aliphatic rings. The van der Waals surface area contributed by atoms with E-state index in [4.69, 9.17) is 0 Å². The smallest absolute Gasteiger partial charge is 0.336 e. The number of aromatic carboxylic acids is 1. The molecule has 104 valence electrons. The lowest BCUT2D eigenvalue weighted by atomic mass is 9.98. The van der Waals surface area contributed by atoms with Gasteiger partial charge in [0.15, 0.2) is 0 Å². The van der Waals surface area contributed by atoms with Crippen LogP contribution in [0, 0.1) is 6.92 Å². The first-order valence-electron chi connectivity index (χ1n) is 6.33. The van der Waals surface area contributed by atoms with Crippen LogP contribution in [0.1, 0.15) is 15.9 Å². The van der Waals surface area contributed by atoms with E-state index in [1.807, 2.05) is 31.2 Å². The van der Waals surface area contributed by atoms with Gasteiger partial charge in [-0.3, -0.25) is 0 Å². The van der Waals surface area contributed by atoms with Gasteiger partial charge in [-0.05, 0) is 46.7 Å². The molecule has 1 N–H and O–H groups in total. The van der Waals surface area contributed by atoms with E-state index in [1.165, 1.54) is 11.0 Å². The highest BCUT2D eigenvalue weighted by Gasteiger charge is 2.13. The van der Waals surface area contributed by atoms with Gasteiger partial charge in [-0.15, -0.1) is 5.10 Å². The molecule has 0 atom stereocenters. The Morgan fingerprint density at radius 3 is 2.52 bits per heavy atom. The fourth-order valence-corrected chi connectivity index (χ4v) is 2.11. The lowest BCUT2D eigenvalue weighted by Gasteiger charge is -2.09. The molecule has 0 saturated heterocycles. The van der Waals surface area contributed by atoms with Crippen molar-refractivity contribution in [1.82, 2.24) is 20.2 Å². The normalized spacial score (nSPS) is 10.5. The van der Waals surface area contributed by atoms with Crippen molar-refractivity contribution >= 4 is 5.97 Å². The molecule has 0 saturated carbocycles. The third-order valence-electron chi connectivity index (χ3n) is 3.21. The molecule has 0 aliphatic carbocycles. The molecule has 1 aromatic heterocycles. The lowest BCUT2D eigenvalue weighted by Crippen LogP contribution is -2.02. The van der Waals surface area contributed by atoms with E-state index in [-0.39, 0.29) is 5.56 Å². The largest absolute Gasteiger partial charge is 0.478 e. The maximum absolute atomic E-state index is 11.4. The molecule has 0 radical (unpaired) electrons. The van der Waals surface area contributed by atoms with Crippen molar-refractivity contribution in [2.45, 2.75) is 6.92 Å². The molecule has 2 aromatic carbocycles. The van der Waals surface area contributed by atoms with Crippen LogP contribution < -0.4 is 0 Å². The van der Waals surface area contributed by atoms with Crippen molar-refractivity contribution in [3.8, 4) is 16.8 Å². The zero-order valence-electron chi connectivity index (χ0n) is 11.3. The van der Waals surface area contributed by atoms with Gasteiger partial charge in [0.1, 0.15) is 6.33 Å². The standard InChI is InChI=1S/C15H12N4O2/c1-10-2-4-11(5-3-10)14-8-12(19-9-16-17-18-19)6-7-13(14)15(20)21/h2-9H,1H3,(H,20,21). The summed E-state index contributed by atoms with van der Waals surface area (Å²) in [6.07, 6.45) is 1.47. The quantitative estimate of drug-likeness (QED) is 0.796. The van der Waals surface area contributed by atoms with Crippen molar-refractivity contribution < 1.29 is 9.90 Å². The first-order valence-corrected chi connectivity index (χ1v) is 6.33. The molecule has 0 fully saturated rings. The molecule has 1 heterocycles. The average Bonchev–Trinajstić information content (AvgIpc) is 3.01. The summed E-state index contributed by atoms with van der Waals surface area (Å²) >= 11 is 0. The van der Waals surface area contributed by atoms with E-state index in [2.05, 4.69) is 15.5 Å². The maximum Gasteiger partial charge on any atom is 0.336 e. The molecule has 0 spiro atoms. The van der Waals surface area contributed by atoms with Crippen LogP contribution in [0.2, 0.25) is 0 Å². The predicted molar refractivity (Wildman–Crippen MR) is 76.3 cm³/mol. The minimum atomic E-state index is -0.964. The van der Waals surface area contributed by atoms with Crippen LogP contribution in [0.5, 0.6) is 0 Å². The second-order valence-corrected chi connectivity index (χ2v) is 4.66. The molecular formula is C15H12N4O2. The average molecular weight is 280 g/mol. The second kappa shape index (κ2) is 5.16. The van der Waals surface area contributed by atoms with Gasteiger partial charge in [-0.2, -0.15) is 0 Å². The monoisotopic (exact) mass is 280 g/mol. The van der Waals surface area contributed by atoms with Gasteiger partial charge in [-0.1, -0.05) is 29.8 Å².